The standard InChI is InChI=1S/C14H22N4O3/c1-9-7-12(10(2)21-9)14(19)16-11-3-5-18(6-4-11)8-13(15)17-20/h7,11,20H,3-6,8H2,1-2H3,(H2,15,17)(H,16,19). The number of carbonyl (C=O) groups is 1. The van der Waals surface area contributed by atoms with E-state index in [1.54, 1.807) is 13.0 Å². The van der Waals surface area contributed by atoms with Gasteiger partial charge < -0.3 is 20.7 Å². The first-order valence-corrected chi connectivity index (χ1v) is 7.06. The van der Waals surface area contributed by atoms with Gasteiger partial charge in [-0.15, -0.1) is 0 Å². The molecule has 7 nitrogen and oxygen atoms in total. The van der Waals surface area contributed by atoms with Gasteiger partial charge in [-0.1, -0.05) is 5.16 Å². The Morgan fingerprint density at radius 2 is 2.19 bits per heavy atom. The first-order valence-electron chi connectivity index (χ1n) is 7.06. The van der Waals surface area contributed by atoms with Gasteiger partial charge in [-0.25, -0.2) is 0 Å². The van der Waals surface area contributed by atoms with Crippen molar-refractivity contribution in [3.63, 3.8) is 0 Å². The molecule has 1 amide bonds. The molecular weight excluding hydrogens is 272 g/mol. The van der Waals surface area contributed by atoms with Crippen molar-refractivity contribution in [3.05, 3.63) is 23.2 Å². The molecule has 7 heteroatoms. The third-order valence-electron chi connectivity index (χ3n) is 3.72. The minimum absolute atomic E-state index is 0.0840. The average molecular weight is 294 g/mol. The summed E-state index contributed by atoms with van der Waals surface area (Å²) in [5.74, 6) is 1.52. The number of hydrogen-bond donors (Lipinski definition) is 3. The second-order valence-electron chi connectivity index (χ2n) is 5.44. The molecule has 0 saturated carbocycles. The number of aryl methyl sites for hydroxylation is 2. The highest BCUT2D eigenvalue weighted by molar-refractivity contribution is 5.95. The van der Waals surface area contributed by atoms with Gasteiger partial charge >= 0.3 is 0 Å². The van der Waals surface area contributed by atoms with Crippen molar-refractivity contribution in [1.82, 2.24) is 10.2 Å². The van der Waals surface area contributed by atoms with Crippen molar-refractivity contribution in [3.8, 4) is 0 Å². The summed E-state index contributed by atoms with van der Waals surface area (Å²) in [6, 6.07) is 1.91. The molecule has 2 heterocycles. The first kappa shape index (κ1) is 15.4. The van der Waals surface area contributed by atoms with Crippen LogP contribution in [0, 0.1) is 13.8 Å². The summed E-state index contributed by atoms with van der Waals surface area (Å²) in [5, 5.41) is 14.6. The quantitative estimate of drug-likeness (QED) is 0.330. The minimum atomic E-state index is -0.0840. The van der Waals surface area contributed by atoms with Gasteiger partial charge in [0.25, 0.3) is 5.91 Å². The van der Waals surface area contributed by atoms with Gasteiger partial charge in [0.2, 0.25) is 0 Å². The highest BCUT2D eigenvalue weighted by Crippen LogP contribution is 2.15. The molecule has 0 radical (unpaired) electrons. The summed E-state index contributed by atoms with van der Waals surface area (Å²) < 4.78 is 5.38. The number of carbonyl (C=O) groups excluding carboxylic acids is 1. The molecule has 0 unspecified atom stereocenters. The summed E-state index contributed by atoms with van der Waals surface area (Å²) in [6.07, 6.45) is 1.70. The Morgan fingerprint density at radius 3 is 2.71 bits per heavy atom. The molecule has 0 bridgehead atoms. The summed E-state index contributed by atoms with van der Waals surface area (Å²) in [5.41, 5.74) is 6.10. The Hall–Kier alpha value is -2.02. The lowest BCUT2D eigenvalue weighted by Gasteiger charge is -2.31. The number of furan rings is 1. The third kappa shape index (κ3) is 3.98. The largest absolute Gasteiger partial charge is 0.466 e. The monoisotopic (exact) mass is 294 g/mol. The smallest absolute Gasteiger partial charge is 0.255 e. The van der Waals surface area contributed by atoms with Crippen molar-refractivity contribution in [2.24, 2.45) is 10.9 Å². The van der Waals surface area contributed by atoms with Crippen molar-refractivity contribution in [1.29, 1.82) is 0 Å². The highest BCUT2D eigenvalue weighted by Gasteiger charge is 2.23. The van der Waals surface area contributed by atoms with Crippen LogP contribution in [0.2, 0.25) is 0 Å². The predicted molar refractivity (Wildman–Crippen MR) is 78.5 cm³/mol. The Bertz CT molecular complexity index is 530. The molecule has 21 heavy (non-hydrogen) atoms. The molecule has 0 aliphatic carbocycles. The van der Waals surface area contributed by atoms with Crippen molar-refractivity contribution in [2.45, 2.75) is 32.7 Å². The fourth-order valence-corrected chi connectivity index (χ4v) is 2.62. The van der Waals surface area contributed by atoms with Crippen LogP contribution in [0.15, 0.2) is 15.6 Å². The van der Waals surface area contributed by atoms with E-state index >= 15 is 0 Å². The van der Waals surface area contributed by atoms with Crippen LogP contribution < -0.4 is 11.1 Å². The summed E-state index contributed by atoms with van der Waals surface area (Å²) in [7, 11) is 0. The molecule has 0 atom stereocenters. The van der Waals surface area contributed by atoms with Crippen molar-refractivity contribution < 1.29 is 14.4 Å². The van der Waals surface area contributed by atoms with E-state index in [-0.39, 0.29) is 17.8 Å². The molecule has 1 aromatic heterocycles. The number of oxime groups is 1. The predicted octanol–water partition coefficient (Wildman–Crippen LogP) is 0.837. The zero-order valence-electron chi connectivity index (χ0n) is 12.4. The zero-order valence-corrected chi connectivity index (χ0v) is 12.4. The van der Waals surface area contributed by atoms with Crippen LogP contribution >= 0.6 is 0 Å². The third-order valence-corrected chi connectivity index (χ3v) is 3.72. The molecule has 0 spiro atoms. The van der Waals surface area contributed by atoms with E-state index in [9.17, 15) is 4.79 Å². The van der Waals surface area contributed by atoms with Gasteiger partial charge in [0.1, 0.15) is 11.5 Å². The van der Waals surface area contributed by atoms with Gasteiger partial charge in [-0.3, -0.25) is 9.69 Å². The number of likely N-dealkylation sites (tertiary alicyclic amines) is 1. The van der Waals surface area contributed by atoms with Crippen molar-refractivity contribution >= 4 is 11.7 Å². The second-order valence-corrected chi connectivity index (χ2v) is 5.44. The first-order chi connectivity index (χ1) is 9.99. The summed E-state index contributed by atoms with van der Waals surface area (Å²) >= 11 is 0. The van der Waals surface area contributed by atoms with E-state index in [1.165, 1.54) is 0 Å². The topological polar surface area (TPSA) is 104 Å². The molecule has 1 saturated heterocycles. The average Bonchev–Trinajstić information content (AvgIpc) is 2.80. The molecule has 1 aliphatic heterocycles. The minimum Gasteiger partial charge on any atom is -0.466 e. The van der Waals surface area contributed by atoms with Crippen molar-refractivity contribution in [2.75, 3.05) is 19.6 Å². The van der Waals surface area contributed by atoms with Gasteiger partial charge in [-0.2, -0.15) is 0 Å². The van der Waals surface area contributed by atoms with E-state index in [4.69, 9.17) is 15.4 Å². The van der Waals surface area contributed by atoms with Gasteiger partial charge in [0.05, 0.1) is 12.1 Å². The Morgan fingerprint density at radius 1 is 1.52 bits per heavy atom. The van der Waals surface area contributed by atoms with E-state index in [0.717, 1.165) is 31.7 Å². The van der Waals surface area contributed by atoms with E-state index < -0.39 is 0 Å². The maximum absolute atomic E-state index is 12.2. The maximum atomic E-state index is 12.2. The fraction of sp³-hybridized carbons (Fsp3) is 0.571. The van der Waals surface area contributed by atoms with E-state index in [0.29, 0.717) is 17.9 Å². The van der Waals surface area contributed by atoms with Gasteiger partial charge in [-0.05, 0) is 32.8 Å². The van der Waals surface area contributed by atoms with E-state index in [1.807, 2.05) is 6.92 Å². The lowest BCUT2D eigenvalue weighted by atomic mass is 10.0. The van der Waals surface area contributed by atoms with Crippen LogP contribution in [0.25, 0.3) is 0 Å². The summed E-state index contributed by atoms with van der Waals surface area (Å²) in [4.78, 5) is 14.3. The molecule has 4 N–H and O–H groups in total. The van der Waals surface area contributed by atoms with Crippen LogP contribution in [0.3, 0.4) is 0 Å². The highest BCUT2D eigenvalue weighted by atomic mass is 16.4. The normalized spacial score (nSPS) is 17.9. The maximum Gasteiger partial charge on any atom is 0.255 e. The van der Waals surface area contributed by atoms with Gasteiger partial charge in [0, 0.05) is 19.1 Å². The van der Waals surface area contributed by atoms with Gasteiger partial charge in [0.15, 0.2) is 5.84 Å². The van der Waals surface area contributed by atoms with Crippen LogP contribution in [-0.4, -0.2) is 47.5 Å². The molecule has 116 valence electrons. The molecule has 1 fully saturated rings. The fourth-order valence-electron chi connectivity index (χ4n) is 2.62. The Labute approximate surface area is 123 Å². The van der Waals surface area contributed by atoms with Crippen LogP contribution in [0.4, 0.5) is 0 Å². The number of amides is 1. The number of nitrogens with two attached hydrogens (primary N) is 1. The number of rotatable bonds is 4. The molecule has 0 aromatic carbocycles. The molecule has 1 aliphatic rings. The van der Waals surface area contributed by atoms with Crippen LogP contribution in [-0.2, 0) is 0 Å². The molecule has 2 rings (SSSR count). The van der Waals surface area contributed by atoms with E-state index in [2.05, 4.69) is 15.4 Å². The number of nitrogens with one attached hydrogen (secondary N) is 1. The SMILES string of the molecule is Cc1cc(C(=O)NC2CCN(CC(N)=NO)CC2)c(C)o1. The van der Waals surface area contributed by atoms with Crippen LogP contribution in [0.5, 0.6) is 0 Å². The number of amidine groups is 1. The second kappa shape index (κ2) is 6.62. The number of piperidine rings is 1. The lowest BCUT2D eigenvalue weighted by molar-refractivity contribution is 0.0913. The number of hydrogen-bond acceptors (Lipinski definition) is 5. The lowest BCUT2D eigenvalue weighted by Crippen LogP contribution is -2.46. The molecular formula is C14H22N4O3. The zero-order chi connectivity index (χ0) is 15.4. The molecule has 1 aromatic rings. The number of nitrogens with zero attached hydrogens (tertiary/aromatic N) is 2. The Balaban J connectivity index is 1.83. The Kier molecular flexibility index (Phi) is 4.85. The summed E-state index contributed by atoms with van der Waals surface area (Å²) in [6.45, 7) is 5.70. The van der Waals surface area contributed by atoms with Crippen LogP contribution in [0.1, 0.15) is 34.7 Å².